The fourth-order valence-electron chi connectivity index (χ4n) is 3.26. The van der Waals surface area contributed by atoms with E-state index in [4.69, 9.17) is 9.47 Å². The van der Waals surface area contributed by atoms with Gasteiger partial charge in [0.1, 0.15) is 0 Å². The van der Waals surface area contributed by atoms with E-state index in [0.29, 0.717) is 12.1 Å². The minimum absolute atomic E-state index is 0.345. The molecule has 2 aliphatic rings. The van der Waals surface area contributed by atoms with Crippen LogP contribution in [0.3, 0.4) is 0 Å². The van der Waals surface area contributed by atoms with Gasteiger partial charge in [0.05, 0.1) is 25.5 Å². The number of nitrogens with zero attached hydrogens (tertiary/aromatic N) is 4. The number of likely N-dealkylation sites (tertiary alicyclic amines) is 1. The lowest BCUT2D eigenvalue weighted by atomic mass is 10.1. The van der Waals surface area contributed by atoms with E-state index in [2.05, 4.69) is 21.1 Å². The SMILES string of the molecule is COCCN1CCO[C@H]2CN(Cc3cnn(C)c3)C[C@H]21. The van der Waals surface area contributed by atoms with Crippen LogP contribution in [0.2, 0.25) is 0 Å². The predicted molar refractivity (Wildman–Crippen MR) is 75.5 cm³/mol. The molecule has 2 atom stereocenters. The molecule has 6 heteroatoms. The number of morpholine rings is 1. The van der Waals surface area contributed by atoms with Crippen LogP contribution in [0.5, 0.6) is 0 Å². The molecule has 1 aromatic heterocycles. The van der Waals surface area contributed by atoms with Crippen molar-refractivity contribution in [3.8, 4) is 0 Å². The van der Waals surface area contributed by atoms with Gasteiger partial charge in [-0.2, -0.15) is 5.10 Å². The average Bonchev–Trinajstić information content (AvgIpc) is 3.02. The highest BCUT2D eigenvalue weighted by molar-refractivity contribution is 5.05. The summed E-state index contributed by atoms with van der Waals surface area (Å²) in [7, 11) is 3.73. The summed E-state index contributed by atoms with van der Waals surface area (Å²) >= 11 is 0. The first-order valence-corrected chi connectivity index (χ1v) is 7.30. The molecule has 2 aliphatic heterocycles. The van der Waals surface area contributed by atoms with Crippen LogP contribution < -0.4 is 0 Å². The van der Waals surface area contributed by atoms with Crippen molar-refractivity contribution in [3.63, 3.8) is 0 Å². The van der Waals surface area contributed by atoms with E-state index in [9.17, 15) is 0 Å². The van der Waals surface area contributed by atoms with Crippen molar-refractivity contribution in [3.05, 3.63) is 18.0 Å². The Morgan fingerprint density at radius 2 is 2.35 bits per heavy atom. The van der Waals surface area contributed by atoms with Gasteiger partial charge in [-0.15, -0.1) is 0 Å². The van der Waals surface area contributed by atoms with E-state index in [0.717, 1.165) is 45.9 Å². The van der Waals surface area contributed by atoms with Crippen LogP contribution in [-0.2, 0) is 23.1 Å². The Morgan fingerprint density at radius 3 is 3.10 bits per heavy atom. The zero-order valence-corrected chi connectivity index (χ0v) is 12.4. The lowest BCUT2D eigenvalue weighted by Crippen LogP contribution is -2.51. The highest BCUT2D eigenvalue weighted by Gasteiger charge is 2.39. The largest absolute Gasteiger partial charge is 0.383 e. The highest BCUT2D eigenvalue weighted by Crippen LogP contribution is 2.23. The second kappa shape index (κ2) is 6.22. The predicted octanol–water partition coefficient (Wildman–Crippen LogP) is -0.0485. The van der Waals surface area contributed by atoms with Crippen LogP contribution in [0.25, 0.3) is 0 Å². The molecule has 112 valence electrons. The van der Waals surface area contributed by atoms with Crippen molar-refractivity contribution in [1.29, 1.82) is 0 Å². The number of aryl methyl sites for hydroxylation is 1. The van der Waals surface area contributed by atoms with Crippen LogP contribution in [0, 0.1) is 0 Å². The van der Waals surface area contributed by atoms with Crippen LogP contribution in [-0.4, -0.2) is 78.2 Å². The summed E-state index contributed by atoms with van der Waals surface area (Å²) in [5.41, 5.74) is 1.27. The minimum atomic E-state index is 0.345. The second-order valence-corrected chi connectivity index (χ2v) is 5.72. The van der Waals surface area contributed by atoms with Gasteiger partial charge in [-0.3, -0.25) is 14.5 Å². The molecule has 20 heavy (non-hydrogen) atoms. The van der Waals surface area contributed by atoms with Gasteiger partial charge in [0.25, 0.3) is 0 Å². The number of methoxy groups -OCH3 is 1. The molecule has 0 aliphatic carbocycles. The van der Waals surface area contributed by atoms with E-state index >= 15 is 0 Å². The van der Waals surface area contributed by atoms with Crippen LogP contribution in [0.15, 0.2) is 12.4 Å². The van der Waals surface area contributed by atoms with Gasteiger partial charge < -0.3 is 9.47 Å². The molecule has 3 heterocycles. The number of aromatic nitrogens is 2. The molecule has 0 spiro atoms. The molecule has 0 bridgehead atoms. The lowest BCUT2D eigenvalue weighted by Gasteiger charge is -2.36. The average molecular weight is 280 g/mol. The smallest absolute Gasteiger partial charge is 0.0870 e. The number of hydrogen-bond acceptors (Lipinski definition) is 5. The summed E-state index contributed by atoms with van der Waals surface area (Å²) in [5.74, 6) is 0. The summed E-state index contributed by atoms with van der Waals surface area (Å²) in [4.78, 5) is 4.98. The maximum absolute atomic E-state index is 5.94. The zero-order valence-electron chi connectivity index (χ0n) is 12.4. The molecular weight excluding hydrogens is 256 g/mol. The first-order valence-electron chi connectivity index (χ1n) is 7.30. The third kappa shape index (κ3) is 3.03. The van der Waals surface area contributed by atoms with Crippen molar-refractivity contribution < 1.29 is 9.47 Å². The summed E-state index contributed by atoms with van der Waals surface area (Å²) in [6, 6.07) is 0.510. The van der Waals surface area contributed by atoms with Crippen LogP contribution in [0.1, 0.15) is 5.56 Å². The second-order valence-electron chi connectivity index (χ2n) is 5.72. The van der Waals surface area contributed by atoms with Crippen molar-refractivity contribution in [2.24, 2.45) is 7.05 Å². The van der Waals surface area contributed by atoms with E-state index in [-0.39, 0.29) is 0 Å². The summed E-state index contributed by atoms with van der Waals surface area (Å²) in [6.07, 6.45) is 4.38. The quantitative estimate of drug-likeness (QED) is 0.757. The Kier molecular flexibility index (Phi) is 4.35. The Bertz CT molecular complexity index is 437. The zero-order chi connectivity index (χ0) is 13.9. The maximum Gasteiger partial charge on any atom is 0.0870 e. The Balaban J connectivity index is 1.58. The van der Waals surface area contributed by atoms with Crippen molar-refractivity contribution in [1.82, 2.24) is 19.6 Å². The van der Waals surface area contributed by atoms with Gasteiger partial charge in [-0.25, -0.2) is 0 Å². The Hall–Kier alpha value is -0.950. The molecule has 3 rings (SSSR count). The first-order chi connectivity index (χ1) is 9.76. The number of ether oxygens (including phenoxy) is 2. The number of fused-ring (bicyclic) bond motifs is 1. The van der Waals surface area contributed by atoms with E-state index < -0.39 is 0 Å². The van der Waals surface area contributed by atoms with Crippen molar-refractivity contribution in [2.45, 2.75) is 18.7 Å². The summed E-state index contributed by atoms with van der Waals surface area (Å²) in [6.45, 7) is 6.71. The molecule has 1 aromatic rings. The van der Waals surface area contributed by atoms with Crippen molar-refractivity contribution in [2.75, 3.05) is 46.5 Å². The van der Waals surface area contributed by atoms with Crippen LogP contribution in [0.4, 0.5) is 0 Å². The number of hydrogen-bond donors (Lipinski definition) is 0. The highest BCUT2D eigenvalue weighted by atomic mass is 16.5. The monoisotopic (exact) mass is 280 g/mol. The molecule has 0 unspecified atom stereocenters. The summed E-state index contributed by atoms with van der Waals surface area (Å²) < 4.78 is 13.0. The summed E-state index contributed by atoms with van der Waals surface area (Å²) in [5, 5.41) is 4.24. The van der Waals surface area contributed by atoms with Gasteiger partial charge >= 0.3 is 0 Å². The van der Waals surface area contributed by atoms with Gasteiger partial charge in [0.2, 0.25) is 0 Å². The standard InChI is InChI=1S/C14H24N4O2/c1-16-8-12(7-15-16)9-17-10-13-14(11-17)20-6-4-18(13)3-5-19-2/h7-8,13-14H,3-6,9-11H2,1-2H3/t13-,14+/m1/s1. The van der Waals surface area contributed by atoms with Gasteiger partial charge in [-0.1, -0.05) is 0 Å². The first kappa shape index (κ1) is 14.0. The topological polar surface area (TPSA) is 42.8 Å². The molecule has 0 aromatic carbocycles. The molecular formula is C14H24N4O2. The molecule has 0 amide bonds. The third-order valence-electron chi connectivity index (χ3n) is 4.24. The Labute approximate surface area is 120 Å². The normalized spacial score (nSPS) is 27.9. The molecule has 2 fully saturated rings. The minimum Gasteiger partial charge on any atom is -0.383 e. The van der Waals surface area contributed by atoms with Gasteiger partial charge in [-0.05, 0) is 0 Å². The number of rotatable bonds is 5. The Morgan fingerprint density at radius 1 is 1.45 bits per heavy atom. The molecule has 0 radical (unpaired) electrons. The van der Waals surface area contributed by atoms with Gasteiger partial charge in [0.15, 0.2) is 0 Å². The van der Waals surface area contributed by atoms with E-state index in [1.54, 1.807) is 7.11 Å². The molecule has 0 N–H and O–H groups in total. The van der Waals surface area contributed by atoms with Crippen molar-refractivity contribution >= 4 is 0 Å². The maximum atomic E-state index is 5.94. The van der Waals surface area contributed by atoms with Gasteiger partial charge in [0, 0.05) is 64.7 Å². The van der Waals surface area contributed by atoms with E-state index in [1.165, 1.54) is 5.56 Å². The van der Waals surface area contributed by atoms with E-state index in [1.807, 2.05) is 17.9 Å². The fourth-order valence-corrected chi connectivity index (χ4v) is 3.26. The van der Waals surface area contributed by atoms with Crippen LogP contribution >= 0.6 is 0 Å². The lowest BCUT2D eigenvalue weighted by molar-refractivity contribution is -0.0527. The molecule has 2 saturated heterocycles. The molecule has 6 nitrogen and oxygen atoms in total. The molecule has 0 saturated carbocycles. The third-order valence-corrected chi connectivity index (χ3v) is 4.24. The fraction of sp³-hybridized carbons (Fsp3) is 0.786.